The predicted octanol–water partition coefficient (Wildman–Crippen LogP) is -0.665. The summed E-state index contributed by atoms with van der Waals surface area (Å²) < 4.78 is 19.7. The summed E-state index contributed by atoms with van der Waals surface area (Å²) in [6, 6.07) is 0. The molecule has 0 bridgehead atoms. The molecular weight excluding hydrogens is 277 g/mol. The van der Waals surface area contributed by atoms with Crippen LogP contribution in [0.15, 0.2) is 6.20 Å². The number of hydrogen-bond acceptors (Lipinski definition) is 7. The third kappa shape index (κ3) is 2.23. The summed E-state index contributed by atoms with van der Waals surface area (Å²) in [4.78, 5) is 3.60. The van der Waals surface area contributed by atoms with Crippen LogP contribution in [0.4, 0.5) is 10.2 Å². The Bertz CT molecular complexity index is 550. The third-order valence-electron chi connectivity index (χ3n) is 3.12. The van der Waals surface area contributed by atoms with Crippen molar-refractivity contribution in [3.8, 4) is 0 Å². The molecule has 0 aromatic carbocycles. The molecule has 0 saturated carbocycles. The van der Waals surface area contributed by atoms with Crippen LogP contribution in [0.1, 0.15) is 13.2 Å². The van der Waals surface area contributed by atoms with E-state index in [0.717, 1.165) is 10.8 Å². The third-order valence-corrected chi connectivity index (χ3v) is 3.42. The first-order chi connectivity index (χ1) is 8.78. The van der Waals surface area contributed by atoms with Gasteiger partial charge in [-0.05, 0) is 19.1 Å². The van der Waals surface area contributed by atoms with Crippen LogP contribution in [0.3, 0.4) is 0 Å². The van der Waals surface area contributed by atoms with E-state index in [1.54, 1.807) is 0 Å². The average Bonchev–Trinajstić information content (AvgIpc) is 2.56. The van der Waals surface area contributed by atoms with E-state index >= 15 is 0 Å². The van der Waals surface area contributed by atoms with Gasteiger partial charge in [-0.1, -0.05) is 0 Å². The molecule has 1 aromatic rings. The summed E-state index contributed by atoms with van der Waals surface area (Å²) in [5, 5.41) is 29.1. The second-order valence-electron chi connectivity index (χ2n) is 4.54. The molecule has 1 fully saturated rings. The monoisotopic (exact) mass is 291 g/mol. The van der Waals surface area contributed by atoms with E-state index < -0.39 is 36.5 Å². The second kappa shape index (κ2) is 4.76. The van der Waals surface area contributed by atoms with Gasteiger partial charge in [0.25, 0.3) is 0 Å². The fourth-order valence-corrected chi connectivity index (χ4v) is 2.26. The molecule has 2 heterocycles. The highest BCUT2D eigenvalue weighted by Gasteiger charge is 2.53. The first-order valence-corrected chi connectivity index (χ1v) is 5.90. The molecule has 1 unspecified atom stereocenters. The van der Waals surface area contributed by atoms with Crippen molar-refractivity contribution in [2.75, 3.05) is 12.3 Å². The highest BCUT2D eigenvalue weighted by atomic mass is 32.1. The van der Waals surface area contributed by atoms with Gasteiger partial charge in [0.15, 0.2) is 17.9 Å². The lowest BCUT2D eigenvalue weighted by molar-refractivity contribution is -0.0981. The zero-order chi connectivity index (χ0) is 14.4. The molecule has 1 aliphatic heterocycles. The Morgan fingerprint density at radius 3 is 2.84 bits per heavy atom. The number of nitrogen functional groups attached to an aromatic ring is 1. The van der Waals surface area contributed by atoms with E-state index in [4.69, 9.17) is 27.8 Å². The molecule has 9 heteroatoms. The Morgan fingerprint density at radius 1 is 1.68 bits per heavy atom. The van der Waals surface area contributed by atoms with E-state index in [-0.39, 0.29) is 10.6 Å². The van der Waals surface area contributed by atoms with Crippen LogP contribution >= 0.6 is 12.2 Å². The Morgan fingerprint density at radius 2 is 2.32 bits per heavy atom. The van der Waals surface area contributed by atoms with Gasteiger partial charge in [-0.2, -0.15) is 4.98 Å². The van der Waals surface area contributed by atoms with Crippen LogP contribution in [0.5, 0.6) is 0 Å². The fraction of sp³-hybridized carbons (Fsp3) is 0.600. The number of anilines is 1. The zero-order valence-electron chi connectivity index (χ0n) is 10.0. The quantitative estimate of drug-likeness (QED) is 0.535. The van der Waals surface area contributed by atoms with Crippen molar-refractivity contribution in [2.24, 2.45) is 0 Å². The molecule has 106 valence electrons. The van der Waals surface area contributed by atoms with Gasteiger partial charge >= 0.3 is 0 Å². The number of aromatic nitrogens is 2. The lowest BCUT2D eigenvalue weighted by Crippen LogP contribution is -2.44. The summed E-state index contributed by atoms with van der Waals surface area (Å²) in [7, 11) is 0. The van der Waals surface area contributed by atoms with E-state index in [1.165, 1.54) is 6.92 Å². The van der Waals surface area contributed by atoms with Crippen molar-refractivity contribution in [2.45, 2.75) is 31.0 Å². The second-order valence-corrected chi connectivity index (χ2v) is 4.91. The van der Waals surface area contributed by atoms with E-state index in [1.807, 2.05) is 0 Å². The van der Waals surface area contributed by atoms with Gasteiger partial charge in [0.2, 0.25) is 4.77 Å². The van der Waals surface area contributed by atoms with Gasteiger partial charge in [0.1, 0.15) is 17.8 Å². The predicted molar refractivity (Wildman–Crippen MR) is 65.1 cm³/mol. The van der Waals surface area contributed by atoms with Crippen molar-refractivity contribution in [3.63, 3.8) is 0 Å². The van der Waals surface area contributed by atoms with Gasteiger partial charge in [-0.25, -0.2) is 4.39 Å². The number of rotatable bonds is 2. The maximum absolute atomic E-state index is 13.4. The van der Waals surface area contributed by atoms with Crippen LogP contribution in [-0.2, 0) is 4.74 Å². The Labute approximate surface area is 113 Å². The molecule has 5 N–H and O–H groups in total. The smallest absolute Gasteiger partial charge is 0.203 e. The van der Waals surface area contributed by atoms with E-state index in [9.17, 15) is 14.6 Å². The van der Waals surface area contributed by atoms with Crippen LogP contribution in [0, 0.1) is 10.6 Å². The Balaban J connectivity index is 2.48. The number of halogens is 1. The number of nitrogens with zero attached hydrogens (tertiary/aromatic N) is 2. The summed E-state index contributed by atoms with van der Waals surface area (Å²) >= 11 is 4.92. The normalized spacial score (nSPS) is 34.7. The van der Waals surface area contributed by atoms with Crippen molar-refractivity contribution in [3.05, 3.63) is 16.8 Å². The fourth-order valence-electron chi connectivity index (χ4n) is 2.02. The Kier molecular flexibility index (Phi) is 3.58. The van der Waals surface area contributed by atoms with E-state index in [2.05, 4.69) is 4.98 Å². The first-order valence-electron chi connectivity index (χ1n) is 5.50. The molecular formula is C10H14FN3O4S. The van der Waals surface area contributed by atoms with Crippen LogP contribution < -0.4 is 5.73 Å². The standard InChI is InChI=1S/C10H14FN3O4S/c1-10(17)6(16)5(3-15)18-8(10)14-2-4(11)7(12)13-9(14)19/h2,5-6,8,15-17H,3H2,1H3,(H2,12,13,19)/t5-,6+,8-,10?/m1/s1. The highest BCUT2D eigenvalue weighted by molar-refractivity contribution is 7.71. The number of aliphatic hydroxyl groups is 3. The molecule has 1 saturated heterocycles. The minimum atomic E-state index is -1.75. The maximum Gasteiger partial charge on any atom is 0.203 e. The number of aliphatic hydroxyl groups excluding tert-OH is 2. The van der Waals surface area contributed by atoms with Crippen molar-refractivity contribution in [1.29, 1.82) is 0 Å². The average molecular weight is 291 g/mol. The van der Waals surface area contributed by atoms with Crippen LogP contribution in [0.2, 0.25) is 0 Å². The van der Waals surface area contributed by atoms with Crippen LogP contribution in [0.25, 0.3) is 0 Å². The largest absolute Gasteiger partial charge is 0.394 e. The van der Waals surface area contributed by atoms with Gasteiger partial charge < -0.3 is 25.8 Å². The van der Waals surface area contributed by atoms with Gasteiger partial charge in [0, 0.05) is 6.20 Å². The topological polar surface area (TPSA) is 114 Å². The molecule has 0 spiro atoms. The molecule has 0 amide bonds. The minimum absolute atomic E-state index is 0.102. The van der Waals surface area contributed by atoms with Crippen LogP contribution in [-0.4, -0.2) is 49.3 Å². The highest BCUT2D eigenvalue weighted by Crippen LogP contribution is 2.38. The van der Waals surface area contributed by atoms with E-state index in [0.29, 0.717) is 0 Å². The summed E-state index contributed by atoms with van der Waals surface area (Å²) in [5.74, 6) is -1.19. The SMILES string of the molecule is CC1(O)[C@@H](O)[C@@H](CO)O[C@H]1n1cc(F)c(N)nc1=S. The van der Waals surface area contributed by atoms with Gasteiger partial charge in [0.05, 0.1) is 6.61 Å². The zero-order valence-corrected chi connectivity index (χ0v) is 10.8. The summed E-state index contributed by atoms with van der Waals surface area (Å²) in [5.41, 5.74) is 3.52. The number of nitrogens with two attached hydrogens (primary N) is 1. The Hall–Kier alpha value is -1.13. The molecule has 19 heavy (non-hydrogen) atoms. The summed E-state index contributed by atoms with van der Waals surface area (Å²) in [6.07, 6.45) is -2.57. The van der Waals surface area contributed by atoms with Crippen molar-refractivity contribution >= 4 is 18.0 Å². The lowest BCUT2D eigenvalue weighted by Gasteiger charge is -2.28. The molecule has 2 rings (SSSR count). The lowest BCUT2D eigenvalue weighted by atomic mass is 9.96. The molecule has 7 nitrogen and oxygen atoms in total. The van der Waals surface area contributed by atoms with Gasteiger partial charge in [-0.3, -0.25) is 4.57 Å². The first kappa shape index (κ1) is 14.3. The molecule has 0 aliphatic carbocycles. The van der Waals surface area contributed by atoms with Crippen molar-refractivity contribution in [1.82, 2.24) is 9.55 Å². The number of ether oxygens (including phenoxy) is 1. The maximum atomic E-state index is 13.4. The van der Waals surface area contributed by atoms with Gasteiger partial charge in [-0.15, -0.1) is 0 Å². The number of hydrogen-bond donors (Lipinski definition) is 4. The molecule has 1 aromatic heterocycles. The molecule has 0 radical (unpaired) electrons. The minimum Gasteiger partial charge on any atom is -0.394 e. The molecule has 1 aliphatic rings. The molecule has 4 atom stereocenters. The van der Waals surface area contributed by atoms with Crippen molar-refractivity contribution < 1.29 is 24.4 Å². The summed E-state index contributed by atoms with van der Waals surface area (Å²) in [6.45, 7) is 0.806.